The molecule has 2 aromatic carbocycles. The standard InChI is InChI=1S/C24H21ClN4O4/c25-18-5-6-21-16(11-18)12-22(33-21)24(31)27-26-13-17-14-29(20-4-2-1-3-19(17)20)15-23(30)28-7-9-32-10-8-28/h1-6,11-14H,7-10,15H2,(H,27,31). The van der Waals surface area contributed by atoms with Gasteiger partial charge in [0.05, 0.1) is 19.4 Å². The van der Waals surface area contributed by atoms with Gasteiger partial charge in [0.1, 0.15) is 12.1 Å². The van der Waals surface area contributed by atoms with Crippen molar-refractivity contribution >= 4 is 51.5 Å². The second-order valence-electron chi connectivity index (χ2n) is 7.71. The van der Waals surface area contributed by atoms with Gasteiger partial charge in [0.2, 0.25) is 5.91 Å². The summed E-state index contributed by atoms with van der Waals surface area (Å²) in [6, 6.07) is 14.5. The quantitative estimate of drug-likeness (QED) is 0.360. The molecule has 0 radical (unpaired) electrons. The zero-order valence-electron chi connectivity index (χ0n) is 17.7. The molecule has 0 bridgehead atoms. The Morgan fingerprint density at radius 3 is 2.79 bits per heavy atom. The number of hydrazone groups is 1. The van der Waals surface area contributed by atoms with E-state index in [0.29, 0.717) is 36.9 Å². The summed E-state index contributed by atoms with van der Waals surface area (Å²) in [6.45, 7) is 2.56. The molecule has 4 aromatic rings. The van der Waals surface area contributed by atoms with E-state index in [-0.39, 0.29) is 18.2 Å². The summed E-state index contributed by atoms with van der Waals surface area (Å²) in [5.41, 5.74) is 4.77. The van der Waals surface area contributed by atoms with Gasteiger partial charge in [-0.05, 0) is 30.3 Å². The minimum Gasteiger partial charge on any atom is -0.451 e. The molecule has 0 spiro atoms. The molecule has 0 atom stereocenters. The molecule has 1 aliphatic rings. The fourth-order valence-corrected chi connectivity index (χ4v) is 4.09. The summed E-state index contributed by atoms with van der Waals surface area (Å²) in [6.07, 6.45) is 3.43. The number of halogens is 1. The van der Waals surface area contributed by atoms with Gasteiger partial charge in [0.25, 0.3) is 0 Å². The lowest BCUT2D eigenvalue weighted by Crippen LogP contribution is -2.42. The van der Waals surface area contributed by atoms with Crippen molar-refractivity contribution in [2.24, 2.45) is 5.10 Å². The first-order valence-electron chi connectivity index (χ1n) is 10.5. The van der Waals surface area contributed by atoms with E-state index < -0.39 is 5.91 Å². The number of rotatable bonds is 5. The normalized spacial score (nSPS) is 14.4. The van der Waals surface area contributed by atoms with Gasteiger partial charge in [-0.15, -0.1) is 0 Å². The fraction of sp³-hybridized carbons (Fsp3) is 0.208. The molecule has 8 nitrogen and oxygen atoms in total. The number of fused-ring (bicyclic) bond motifs is 2. The van der Waals surface area contributed by atoms with Crippen molar-refractivity contribution in [3.63, 3.8) is 0 Å². The lowest BCUT2D eigenvalue weighted by atomic mass is 10.2. The van der Waals surface area contributed by atoms with Crippen LogP contribution in [0.2, 0.25) is 5.02 Å². The number of para-hydroxylation sites is 1. The molecule has 2 aromatic heterocycles. The van der Waals surface area contributed by atoms with Crippen LogP contribution in [0.15, 0.2) is 64.2 Å². The molecule has 1 saturated heterocycles. The van der Waals surface area contributed by atoms with Gasteiger partial charge < -0.3 is 18.6 Å². The Hall–Kier alpha value is -3.62. The molecule has 0 unspecified atom stereocenters. The SMILES string of the molecule is O=C(NN=Cc1cn(CC(=O)N2CCOCC2)c2ccccc12)c1cc2cc(Cl)ccc2o1. The Kier molecular flexibility index (Phi) is 5.85. The number of nitrogens with one attached hydrogen (secondary N) is 1. The molecule has 1 aliphatic heterocycles. The van der Waals surface area contributed by atoms with Crippen molar-refractivity contribution in [1.82, 2.24) is 14.9 Å². The number of morpholine rings is 1. The third-order valence-corrected chi connectivity index (χ3v) is 5.80. The highest BCUT2D eigenvalue weighted by molar-refractivity contribution is 6.31. The van der Waals surface area contributed by atoms with Gasteiger partial charge in [-0.2, -0.15) is 5.10 Å². The average molecular weight is 465 g/mol. The highest BCUT2D eigenvalue weighted by Crippen LogP contribution is 2.23. The van der Waals surface area contributed by atoms with Crippen LogP contribution >= 0.6 is 11.6 Å². The molecule has 9 heteroatoms. The Morgan fingerprint density at radius 2 is 1.94 bits per heavy atom. The third kappa shape index (κ3) is 4.48. The van der Waals surface area contributed by atoms with E-state index in [9.17, 15) is 9.59 Å². The third-order valence-electron chi connectivity index (χ3n) is 5.56. The largest absolute Gasteiger partial charge is 0.451 e. The number of hydrogen-bond acceptors (Lipinski definition) is 5. The highest BCUT2D eigenvalue weighted by Gasteiger charge is 2.18. The second-order valence-corrected chi connectivity index (χ2v) is 8.15. The molecule has 168 valence electrons. The lowest BCUT2D eigenvalue weighted by Gasteiger charge is -2.27. The van der Waals surface area contributed by atoms with E-state index >= 15 is 0 Å². The zero-order chi connectivity index (χ0) is 22.8. The van der Waals surface area contributed by atoms with E-state index in [2.05, 4.69) is 10.5 Å². The van der Waals surface area contributed by atoms with E-state index in [1.807, 2.05) is 39.9 Å². The predicted molar refractivity (Wildman–Crippen MR) is 126 cm³/mol. The monoisotopic (exact) mass is 464 g/mol. The minimum atomic E-state index is -0.468. The van der Waals surface area contributed by atoms with E-state index in [1.54, 1.807) is 30.5 Å². The molecular formula is C24H21ClN4O4. The van der Waals surface area contributed by atoms with Crippen LogP contribution in [-0.2, 0) is 16.1 Å². The number of hydrogen-bond donors (Lipinski definition) is 1. The van der Waals surface area contributed by atoms with Crippen molar-refractivity contribution in [3.05, 3.63) is 71.1 Å². The van der Waals surface area contributed by atoms with Gasteiger partial charge in [0, 0.05) is 46.2 Å². The van der Waals surface area contributed by atoms with E-state index in [0.717, 1.165) is 21.9 Å². The molecule has 1 N–H and O–H groups in total. The molecule has 0 aliphatic carbocycles. The first-order valence-corrected chi connectivity index (χ1v) is 10.9. The molecular weight excluding hydrogens is 444 g/mol. The smallest absolute Gasteiger partial charge is 0.307 e. The molecule has 3 heterocycles. The molecule has 5 rings (SSSR count). The summed E-state index contributed by atoms with van der Waals surface area (Å²) in [4.78, 5) is 27.0. The number of furan rings is 1. The average Bonchev–Trinajstić information content (AvgIpc) is 3.41. The maximum Gasteiger partial charge on any atom is 0.307 e. The van der Waals surface area contributed by atoms with Gasteiger partial charge in [-0.1, -0.05) is 29.8 Å². The zero-order valence-corrected chi connectivity index (χ0v) is 18.4. The Labute approximate surface area is 194 Å². The van der Waals surface area contributed by atoms with Crippen LogP contribution < -0.4 is 5.43 Å². The summed E-state index contributed by atoms with van der Waals surface area (Å²) in [5.74, 6) is -0.284. The van der Waals surface area contributed by atoms with Crippen LogP contribution in [0.3, 0.4) is 0 Å². The van der Waals surface area contributed by atoms with Crippen molar-refractivity contribution in [2.45, 2.75) is 6.54 Å². The van der Waals surface area contributed by atoms with Crippen LogP contribution in [0, 0.1) is 0 Å². The van der Waals surface area contributed by atoms with Gasteiger partial charge in [-0.3, -0.25) is 9.59 Å². The predicted octanol–water partition coefficient (Wildman–Crippen LogP) is 3.66. The van der Waals surface area contributed by atoms with Crippen molar-refractivity contribution in [1.29, 1.82) is 0 Å². The second kappa shape index (κ2) is 9.09. The highest BCUT2D eigenvalue weighted by atomic mass is 35.5. The lowest BCUT2D eigenvalue weighted by molar-refractivity contribution is -0.135. The van der Waals surface area contributed by atoms with E-state index in [4.69, 9.17) is 20.8 Å². The number of nitrogens with zero attached hydrogens (tertiary/aromatic N) is 3. The number of aromatic nitrogens is 1. The number of carbonyl (C=O) groups is 2. The Balaban J connectivity index is 1.32. The maximum absolute atomic E-state index is 12.7. The van der Waals surface area contributed by atoms with Crippen LogP contribution in [-0.4, -0.2) is 53.8 Å². The van der Waals surface area contributed by atoms with Gasteiger partial charge in [-0.25, -0.2) is 5.43 Å². The van der Waals surface area contributed by atoms with E-state index in [1.165, 1.54) is 0 Å². The summed E-state index contributed by atoms with van der Waals surface area (Å²) >= 11 is 5.99. The molecule has 33 heavy (non-hydrogen) atoms. The molecule has 2 amide bonds. The van der Waals surface area contributed by atoms with Crippen molar-refractivity contribution in [3.8, 4) is 0 Å². The molecule has 1 fully saturated rings. The molecule has 0 saturated carbocycles. The minimum absolute atomic E-state index is 0.0424. The van der Waals surface area contributed by atoms with Crippen LogP contribution in [0.4, 0.5) is 0 Å². The number of ether oxygens (including phenoxy) is 1. The number of benzene rings is 2. The van der Waals surface area contributed by atoms with Crippen LogP contribution in [0.5, 0.6) is 0 Å². The number of amides is 2. The van der Waals surface area contributed by atoms with Crippen molar-refractivity contribution in [2.75, 3.05) is 26.3 Å². The topological polar surface area (TPSA) is 89.1 Å². The Morgan fingerprint density at radius 1 is 1.12 bits per heavy atom. The van der Waals surface area contributed by atoms with Gasteiger partial charge >= 0.3 is 5.91 Å². The van der Waals surface area contributed by atoms with Crippen molar-refractivity contribution < 1.29 is 18.7 Å². The first-order chi connectivity index (χ1) is 16.1. The van der Waals surface area contributed by atoms with Crippen LogP contribution in [0.1, 0.15) is 16.1 Å². The number of carbonyl (C=O) groups excluding carboxylic acids is 2. The maximum atomic E-state index is 12.7. The Bertz CT molecular complexity index is 1370. The summed E-state index contributed by atoms with van der Waals surface area (Å²) in [5, 5.41) is 6.34. The van der Waals surface area contributed by atoms with Gasteiger partial charge in [0.15, 0.2) is 5.76 Å². The summed E-state index contributed by atoms with van der Waals surface area (Å²) in [7, 11) is 0. The first kappa shape index (κ1) is 21.2. The fourth-order valence-electron chi connectivity index (χ4n) is 3.91. The van der Waals surface area contributed by atoms with Crippen LogP contribution in [0.25, 0.3) is 21.9 Å². The summed E-state index contributed by atoms with van der Waals surface area (Å²) < 4.78 is 12.8.